The third-order valence-electron chi connectivity index (χ3n) is 5.80. The third-order valence-corrected chi connectivity index (χ3v) is 5.80. The lowest BCUT2D eigenvalue weighted by atomic mass is 10.0. The maximum atomic E-state index is 13.3. The zero-order valence-electron chi connectivity index (χ0n) is 20.0. The Labute approximate surface area is 211 Å². The van der Waals surface area contributed by atoms with Gasteiger partial charge in [0.25, 0.3) is 11.5 Å². The molecule has 3 heterocycles. The minimum absolute atomic E-state index is 0.142. The number of hydrogen-bond acceptors (Lipinski definition) is 8. The molecule has 5 aromatic rings. The van der Waals surface area contributed by atoms with Crippen molar-refractivity contribution in [3.05, 3.63) is 106 Å². The number of rotatable bonds is 7. The van der Waals surface area contributed by atoms with Crippen LogP contribution in [0.3, 0.4) is 0 Å². The van der Waals surface area contributed by atoms with E-state index in [1.165, 1.54) is 12.4 Å². The highest BCUT2D eigenvalue weighted by atomic mass is 16.5. The van der Waals surface area contributed by atoms with Gasteiger partial charge in [0.1, 0.15) is 22.8 Å². The van der Waals surface area contributed by atoms with E-state index in [9.17, 15) is 9.59 Å². The fourth-order valence-corrected chi connectivity index (χ4v) is 3.86. The Morgan fingerprint density at radius 3 is 2.46 bits per heavy atom. The molecular weight excluding hydrogens is 472 g/mol. The summed E-state index contributed by atoms with van der Waals surface area (Å²) in [7, 11) is 3.19. The molecule has 3 aromatic heterocycles. The van der Waals surface area contributed by atoms with Gasteiger partial charge in [-0.15, -0.1) is 5.10 Å². The number of amides is 1. The van der Waals surface area contributed by atoms with E-state index >= 15 is 0 Å². The topological polar surface area (TPSA) is 132 Å². The number of carbonyl (C=O) groups excluding carboxylic acids is 1. The van der Waals surface area contributed by atoms with Crippen molar-refractivity contribution in [1.82, 2.24) is 30.5 Å². The quantitative estimate of drug-likeness (QED) is 0.352. The average Bonchev–Trinajstić information content (AvgIpc) is 2.95. The second kappa shape index (κ2) is 10.2. The van der Waals surface area contributed by atoms with Gasteiger partial charge in [-0.2, -0.15) is 5.10 Å². The summed E-state index contributed by atoms with van der Waals surface area (Å²) in [5, 5.41) is 11.5. The number of nitrogens with zero attached hydrogens (tertiary/aromatic N) is 4. The molecule has 37 heavy (non-hydrogen) atoms. The lowest BCUT2D eigenvalue weighted by Crippen LogP contribution is -2.34. The van der Waals surface area contributed by atoms with Crippen LogP contribution in [0.15, 0.2) is 83.9 Å². The molecular formula is C27H22N6O4. The second-order valence-corrected chi connectivity index (χ2v) is 8.06. The normalized spacial score (nSPS) is 11.6. The molecule has 1 unspecified atom stereocenters. The minimum Gasteiger partial charge on any atom is -0.497 e. The molecule has 0 radical (unpaired) electrons. The van der Waals surface area contributed by atoms with E-state index in [4.69, 9.17) is 14.5 Å². The molecule has 0 aliphatic heterocycles. The Morgan fingerprint density at radius 2 is 1.76 bits per heavy atom. The molecule has 2 aromatic carbocycles. The molecule has 0 saturated heterocycles. The van der Waals surface area contributed by atoms with Gasteiger partial charge in [0.15, 0.2) is 5.82 Å². The summed E-state index contributed by atoms with van der Waals surface area (Å²) >= 11 is 0. The van der Waals surface area contributed by atoms with Gasteiger partial charge in [0.05, 0.1) is 31.5 Å². The first kappa shape index (κ1) is 23.6. The van der Waals surface area contributed by atoms with Crippen molar-refractivity contribution in [2.75, 3.05) is 14.2 Å². The maximum absolute atomic E-state index is 13.3. The molecule has 0 bridgehead atoms. The molecule has 0 aliphatic rings. The molecule has 2 N–H and O–H groups in total. The fraction of sp³-hybridized carbons (Fsp3) is 0.111. The second-order valence-electron chi connectivity index (χ2n) is 8.06. The number of fused-ring (bicyclic) bond motifs is 1. The molecule has 0 fully saturated rings. The van der Waals surface area contributed by atoms with E-state index in [2.05, 4.69) is 25.5 Å². The van der Waals surface area contributed by atoms with Crippen LogP contribution in [0.2, 0.25) is 0 Å². The van der Waals surface area contributed by atoms with E-state index in [-0.39, 0.29) is 11.4 Å². The summed E-state index contributed by atoms with van der Waals surface area (Å²) in [6.07, 6.45) is 2.74. The van der Waals surface area contributed by atoms with Crippen LogP contribution >= 0.6 is 0 Å². The number of aromatic amines is 1. The van der Waals surface area contributed by atoms with E-state index < -0.39 is 17.5 Å². The Hall–Kier alpha value is -5.12. The van der Waals surface area contributed by atoms with Gasteiger partial charge in [0.2, 0.25) is 0 Å². The number of methoxy groups -OCH3 is 2. The number of aromatic nitrogens is 5. The number of hydrogen-bond donors (Lipinski definition) is 2. The predicted octanol–water partition coefficient (Wildman–Crippen LogP) is 3.31. The molecule has 0 aliphatic carbocycles. The lowest BCUT2D eigenvalue weighted by Gasteiger charge is -2.20. The largest absolute Gasteiger partial charge is 0.497 e. The summed E-state index contributed by atoms with van der Waals surface area (Å²) in [4.78, 5) is 37.6. The maximum Gasteiger partial charge on any atom is 0.264 e. The van der Waals surface area contributed by atoms with E-state index in [1.807, 2.05) is 42.5 Å². The summed E-state index contributed by atoms with van der Waals surface area (Å²) in [6.45, 7) is 0. The first-order valence-corrected chi connectivity index (χ1v) is 11.3. The van der Waals surface area contributed by atoms with Gasteiger partial charge < -0.3 is 19.8 Å². The van der Waals surface area contributed by atoms with Gasteiger partial charge in [-0.05, 0) is 54.1 Å². The SMILES string of the molecule is COc1ccc(C(NC(=O)c2cnc(-c3cccnn3)[nH]c2=O)c2ccc3cc(OC)ccc3n2)cc1. The molecule has 0 saturated carbocycles. The molecule has 1 amide bonds. The van der Waals surface area contributed by atoms with Crippen LogP contribution in [-0.4, -0.2) is 45.3 Å². The Kier molecular flexibility index (Phi) is 6.54. The predicted molar refractivity (Wildman–Crippen MR) is 136 cm³/mol. The number of nitrogens with one attached hydrogen (secondary N) is 2. The highest BCUT2D eigenvalue weighted by molar-refractivity contribution is 5.94. The molecule has 10 nitrogen and oxygen atoms in total. The van der Waals surface area contributed by atoms with Crippen LogP contribution in [0.5, 0.6) is 11.5 Å². The van der Waals surface area contributed by atoms with Gasteiger partial charge in [0, 0.05) is 17.8 Å². The fourth-order valence-electron chi connectivity index (χ4n) is 3.86. The number of ether oxygens (including phenoxy) is 2. The Bertz CT molecular complexity index is 1620. The van der Waals surface area contributed by atoms with Crippen LogP contribution < -0.4 is 20.3 Å². The average molecular weight is 495 g/mol. The monoisotopic (exact) mass is 494 g/mol. The van der Waals surface area contributed by atoms with E-state index in [0.717, 1.165) is 22.2 Å². The highest BCUT2D eigenvalue weighted by Crippen LogP contribution is 2.27. The summed E-state index contributed by atoms with van der Waals surface area (Å²) in [5.41, 5.74) is 1.74. The van der Waals surface area contributed by atoms with Gasteiger partial charge in [-0.25, -0.2) is 4.98 Å². The molecule has 184 valence electrons. The zero-order valence-corrected chi connectivity index (χ0v) is 20.0. The number of benzene rings is 2. The number of carbonyl (C=O) groups is 1. The van der Waals surface area contributed by atoms with E-state index in [0.29, 0.717) is 17.1 Å². The van der Waals surface area contributed by atoms with Crippen molar-refractivity contribution in [3.63, 3.8) is 0 Å². The van der Waals surface area contributed by atoms with Crippen LogP contribution in [0.1, 0.15) is 27.7 Å². The summed E-state index contributed by atoms with van der Waals surface area (Å²) in [5.74, 6) is 1.01. The zero-order chi connectivity index (χ0) is 25.8. The van der Waals surface area contributed by atoms with Crippen LogP contribution in [0.25, 0.3) is 22.4 Å². The van der Waals surface area contributed by atoms with Crippen molar-refractivity contribution < 1.29 is 14.3 Å². The van der Waals surface area contributed by atoms with Gasteiger partial charge >= 0.3 is 0 Å². The highest BCUT2D eigenvalue weighted by Gasteiger charge is 2.22. The van der Waals surface area contributed by atoms with Crippen molar-refractivity contribution >= 4 is 16.8 Å². The van der Waals surface area contributed by atoms with Crippen LogP contribution in [0.4, 0.5) is 0 Å². The Balaban J connectivity index is 1.50. The van der Waals surface area contributed by atoms with Crippen molar-refractivity contribution in [2.45, 2.75) is 6.04 Å². The first-order chi connectivity index (χ1) is 18.1. The van der Waals surface area contributed by atoms with E-state index in [1.54, 1.807) is 38.5 Å². The smallest absolute Gasteiger partial charge is 0.264 e. The first-order valence-electron chi connectivity index (χ1n) is 11.3. The van der Waals surface area contributed by atoms with Gasteiger partial charge in [-0.3, -0.25) is 14.6 Å². The summed E-state index contributed by atoms with van der Waals surface area (Å²) < 4.78 is 10.6. The third kappa shape index (κ3) is 4.98. The van der Waals surface area contributed by atoms with Crippen molar-refractivity contribution in [1.29, 1.82) is 0 Å². The summed E-state index contributed by atoms with van der Waals surface area (Å²) in [6, 6.07) is 19.3. The lowest BCUT2D eigenvalue weighted by molar-refractivity contribution is 0.0940. The Morgan fingerprint density at radius 1 is 0.973 bits per heavy atom. The van der Waals surface area contributed by atoms with Crippen molar-refractivity contribution in [2.24, 2.45) is 0 Å². The standard InChI is InChI=1S/C27H22N6O4/c1-36-18-8-5-16(6-9-18)24(22-11-7-17-14-19(37-2)10-12-21(17)30-22)31-26(34)20-15-28-25(32-27(20)35)23-4-3-13-29-33-23/h3-15,24H,1-2H3,(H,31,34)(H,28,32,35). The van der Waals surface area contributed by atoms with Crippen LogP contribution in [-0.2, 0) is 0 Å². The molecule has 10 heteroatoms. The molecule has 5 rings (SSSR count). The number of pyridine rings is 1. The van der Waals surface area contributed by atoms with Gasteiger partial charge in [-0.1, -0.05) is 18.2 Å². The molecule has 1 atom stereocenters. The molecule has 0 spiro atoms. The number of H-pyrrole nitrogens is 1. The minimum atomic E-state index is -0.649. The van der Waals surface area contributed by atoms with Crippen molar-refractivity contribution in [3.8, 4) is 23.0 Å². The van der Waals surface area contributed by atoms with Crippen LogP contribution in [0, 0.1) is 0 Å².